The van der Waals surface area contributed by atoms with Gasteiger partial charge in [0.1, 0.15) is 5.54 Å². The number of carboxylic acid groups (broad SMARTS) is 1. The van der Waals surface area contributed by atoms with Crippen LogP contribution in [0, 0.1) is 5.92 Å². The van der Waals surface area contributed by atoms with Gasteiger partial charge in [-0.2, -0.15) is 0 Å². The number of carbonyl (C=O) groups excluding carboxylic acids is 1. The van der Waals surface area contributed by atoms with Crippen LogP contribution in [0.25, 0.3) is 0 Å². The number of aliphatic carboxylic acids is 1. The van der Waals surface area contributed by atoms with Gasteiger partial charge < -0.3 is 25.2 Å². The predicted molar refractivity (Wildman–Crippen MR) is 73.0 cm³/mol. The van der Waals surface area contributed by atoms with Crippen molar-refractivity contribution < 1.29 is 24.2 Å². The van der Waals surface area contributed by atoms with E-state index in [0.29, 0.717) is 38.6 Å². The maximum atomic E-state index is 12.2. The molecule has 2 heterocycles. The van der Waals surface area contributed by atoms with Crippen molar-refractivity contribution >= 4 is 12.0 Å². The van der Waals surface area contributed by atoms with Crippen LogP contribution in [0.2, 0.25) is 0 Å². The van der Waals surface area contributed by atoms with Crippen molar-refractivity contribution in [1.82, 2.24) is 10.6 Å². The van der Waals surface area contributed by atoms with Gasteiger partial charge in [-0.25, -0.2) is 9.59 Å². The van der Waals surface area contributed by atoms with Gasteiger partial charge in [-0.05, 0) is 25.2 Å². The van der Waals surface area contributed by atoms with Gasteiger partial charge in [-0.15, -0.1) is 0 Å². The van der Waals surface area contributed by atoms with Crippen molar-refractivity contribution in [2.45, 2.75) is 49.8 Å². The molecule has 3 fully saturated rings. The van der Waals surface area contributed by atoms with Gasteiger partial charge in [0.15, 0.2) is 0 Å². The molecule has 3 N–H and O–H groups in total. The molecule has 21 heavy (non-hydrogen) atoms. The SMILES string of the molecule is O=C(NC1CCOC1C1CC1)NC1(C(=O)O)CCOCC1. The molecule has 0 spiro atoms. The quantitative estimate of drug-likeness (QED) is 0.702. The Balaban J connectivity index is 1.58. The summed E-state index contributed by atoms with van der Waals surface area (Å²) in [5, 5.41) is 15.0. The summed E-state index contributed by atoms with van der Waals surface area (Å²) in [5.41, 5.74) is -1.21. The first-order valence-electron chi connectivity index (χ1n) is 7.62. The van der Waals surface area contributed by atoms with Gasteiger partial charge in [-0.3, -0.25) is 0 Å². The first-order valence-corrected chi connectivity index (χ1v) is 7.62. The van der Waals surface area contributed by atoms with Gasteiger partial charge >= 0.3 is 12.0 Å². The Labute approximate surface area is 123 Å². The number of carboxylic acids is 1. The topological polar surface area (TPSA) is 96.9 Å². The standard InChI is InChI=1S/C14H22N2O5/c17-12(18)14(4-7-20-8-5-14)16-13(19)15-10-3-6-21-11(10)9-1-2-9/h9-11H,1-8H2,(H,17,18)(H2,15,16,19). The van der Waals surface area contributed by atoms with E-state index < -0.39 is 17.5 Å². The molecule has 0 bridgehead atoms. The van der Waals surface area contributed by atoms with Crippen LogP contribution in [0.15, 0.2) is 0 Å². The fraction of sp³-hybridized carbons (Fsp3) is 0.857. The van der Waals surface area contributed by atoms with Crippen molar-refractivity contribution in [1.29, 1.82) is 0 Å². The Kier molecular flexibility index (Phi) is 4.03. The first-order chi connectivity index (χ1) is 10.1. The van der Waals surface area contributed by atoms with Crippen LogP contribution in [0.5, 0.6) is 0 Å². The van der Waals surface area contributed by atoms with E-state index in [1.165, 1.54) is 0 Å². The second-order valence-corrected chi connectivity index (χ2v) is 6.17. The minimum absolute atomic E-state index is 0.0109. The van der Waals surface area contributed by atoms with Gasteiger partial charge in [0.2, 0.25) is 0 Å². The number of rotatable bonds is 4. The van der Waals surface area contributed by atoms with Crippen molar-refractivity contribution in [3.8, 4) is 0 Å². The van der Waals surface area contributed by atoms with Gasteiger partial charge in [0, 0.05) is 32.7 Å². The average molecular weight is 298 g/mol. The molecule has 0 aromatic heterocycles. The molecule has 2 atom stereocenters. The summed E-state index contributed by atoms with van der Waals surface area (Å²) in [7, 11) is 0. The lowest BCUT2D eigenvalue weighted by molar-refractivity contribution is -0.148. The molecule has 3 aliphatic rings. The Hall–Kier alpha value is -1.34. The normalized spacial score (nSPS) is 31.6. The summed E-state index contributed by atoms with van der Waals surface area (Å²) in [6, 6.07) is -0.427. The molecule has 2 saturated heterocycles. The van der Waals surface area contributed by atoms with Crippen LogP contribution >= 0.6 is 0 Å². The number of nitrogens with one attached hydrogen (secondary N) is 2. The zero-order valence-corrected chi connectivity index (χ0v) is 12.0. The van der Waals surface area contributed by atoms with E-state index in [1.54, 1.807) is 0 Å². The number of hydrogen-bond donors (Lipinski definition) is 3. The monoisotopic (exact) mass is 298 g/mol. The van der Waals surface area contributed by atoms with Crippen molar-refractivity contribution in [2.24, 2.45) is 5.92 Å². The zero-order chi connectivity index (χ0) is 14.9. The summed E-state index contributed by atoms with van der Waals surface area (Å²) >= 11 is 0. The zero-order valence-electron chi connectivity index (χ0n) is 12.0. The third kappa shape index (κ3) is 3.13. The van der Waals surface area contributed by atoms with Gasteiger partial charge in [-0.1, -0.05) is 0 Å². The summed E-state index contributed by atoms with van der Waals surface area (Å²) in [5.74, 6) is -0.448. The highest BCUT2D eigenvalue weighted by Crippen LogP contribution is 2.38. The fourth-order valence-corrected chi connectivity index (χ4v) is 3.19. The van der Waals surface area contributed by atoms with Crippen LogP contribution < -0.4 is 10.6 Å². The average Bonchev–Trinajstić information content (AvgIpc) is 3.20. The van der Waals surface area contributed by atoms with E-state index in [0.717, 1.165) is 19.3 Å². The molecule has 2 amide bonds. The number of hydrogen-bond acceptors (Lipinski definition) is 4. The first kappa shape index (κ1) is 14.6. The Morgan fingerprint density at radius 3 is 2.43 bits per heavy atom. The molecule has 7 heteroatoms. The van der Waals surface area contributed by atoms with E-state index in [2.05, 4.69) is 10.6 Å². The highest BCUT2D eigenvalue weighted by Gasteiger charge is 2.44. The number of carbonyl (C=O) groups is 2. The smallest absolute Gasteiger partial charge is 0.329 e. The van der Waals surface area contributed by atoms with E-state index >= 15 is 0 Å². The minimum Gasteiger partial charge on any atom is -0.480 e. The predicted octanol–water partition coefficient (Wildman–Crippen LogP) is 0.487. The van der Waals surface area contributed by atoms with Crippen LogP contribution in [-0.2, 0) is 14.3 Å². The molecule has 7 nitrogen and oxygen atoms in total. The second kappa shape index (κ2) is 5.81. The Morgan fingerprint density at radius 2 is 1.81 bits per heavy atom. The molecule has 118 valence electrons. The number of amides is 2. The molecule has 3 rings (SSSR count). The maximum absolute atomic E-state index is 12.2. The van der Waals surface area contributed by atoms with Gasteiger partial charge in [0.05, 0.1) is 12.1 Å². The van der Waals surface area contributed by atoms with Crippen LogP contribution in [0.1, 0.15) is 32.1 Å². The summed E-state index contributed by atoms with van der Waals surface area (Å²) < 4.78 is 10.9. The molecular weight excluding hydrogens is 276 g/mol. The van der Waals surface area contributed by atoms with E-state index in [-0.39, 0.29) is 12.1 Å². The summed E-state index contributed by atoms with van der Waals surface area (Å²) in [6.45, 7) is 1.36. The van der Waals surface area contributed by atoms with Gasteiger partial charge in [0.25, 0.3) is 0 Å². The van der Waals surface area contributed by atoms with Crippen LogP contribution in [0.4, 0.5) is 4.79 Å². The number of urea groups is 1. The second-order valence-electron chi connectivity index (χ2n) is 6.17. The fourth-order valence-electron chi connectivity index (χ4n) is 3.19. The third-order valence-electron chi connectivity index (χ3n) is 4.65. The summed E-state index contributed by atoms with van der Waals surface area (Å²) in [4.78, 5) is 23.7. The molecule has 2 aliphatic heterocycles. The highest BCUT2D eigenvalue weighted by molar-refractivity contribution is 5.86. The third-order valence-corrected chi connectivity index (χ3v) is 4.65. The molecular formula is C14H22N2O5. The molecule has 0 aromatic carbocycles. The lowest BCUT2D eigenvalue weighted by Crippen LogP contribution is -2.61. The van der Waals surface area contributed by atoms with E-state index in [9.17, 15) is 14.7 Å². The Bertz CT molecular complexity index is 418. The van der Waals surface area contributed by atoms with E-state index in [1.807, 2.05) is 0 Å². The minimum atomic E-state index is -1.21. The molecule has 0 aromatic rings. The molecule has 0 radical (unpaired) electrons. The Morgan fingerprint density at radius 1 is 1.10 bits per heavy atom. The van der Waals surface area contributed by atoms with E-state index in [4.69, 9.17) is 9.47 Å². The number of ether oxygens (including phenoxy) is 2. The maximum Gasteiger partial charge on any atom is 0.329 e. The van der Waals surface area contributed by atoms with Crippen LogP contribution in [-0.4, -0.2) is 54.6 Å². The van der Waals surface area contributed by atoms with Crippen molar-refractivity contribution in [3.05, 3.63) is 0 Å². The van der Waals surface area contributed by atoms with Crippen molar-refractivity contribution in [3.63, 3.8) is 0 Å². The van der Waals surface area contributed by atoms with Crippen molar-refractivity contribution in [2.75, 3.05) is 19.8 Å². The highest BCUT2D eigenvalue weighted by atomic mass is 16.5. The summed E-state index contributed by atoms with van der Waals surface area (Å²) in [6.07, 6.45) is 3.78. The van der Waals surface area contributed by atoms with Crippen LogP contribution in [0.3, 0.4) is 0 Å². The lowest BCUT2D eigenvalue weighted by Gasteiger charge is -2.34. The largest absolute Gasteiger partial charge is 0.480 e. The molecule has 2 unspecified atom stereocenters. The molecule has 1 saturated carbocycles. The molecule has 1 aliphatic carbocycles. The lowest BCUT2D eigenvalue weighted by atomic mass is 9.90.